The van der Waals surface area contributed by atoms with Crippen LogP contribution >= 0.6 is 0 Å². The minimum Gasteiger partial charge on any atom is -0.371 e. The van der Waals surface area contributed by atoms with Crippen molar-refractivity contribution in [2.24, 2.45) is 0 Å². The van der Waals surface area contributed by atoms with Crippen LogP contribution in [0, 0.1) is 6.92 Å². The molecule has 2 aliphatic rings. The molecule has 2 aromatic rings. The van der Waals surface area contributed by atoms with Crippen molar-refractivity contribution in [3.05, 3.63) is 47.3 Å². The first-order valence-corrected chi connectivity index (χ1v) is 9.38. The smallest absolute Gasteiger partial charge is 0.0539 e. The fourth-order valence-electron chi connectivity index (χ4n) is 5.35. The molecule has 0 saturated carbocycles. The molecular weight excluding hydrogens is 292 g/mol. The van der Waals surface area contributed by atoms with Gasteiger partial charge in [0.25, 0.3) is 0 Å². The fraction of sp³-hybridized carbons (Fsp3) is 0.545. The summed E-state index contributed by atoms with van der Waals surface area (Å²) in [5.74, 6) is 0. The monoisotopic (exact) mass is 322 g/mol. The van der Waals surface area contributed by atoms with E-state index in [1.54, 1.807) is 11.1 Å². The molecule has 0 amide bonds. The SMILES string of the molecule is Cc1c(N2CCCC2)cc2c(c1-n1cccc1)C(C)(C)CC2(C)C. The van der Waals surface area contributed by atoms with Crippen LogP contribution in [0.15, 0.2) is 30.6 Å². The van der Waals surface area contributed by atoms with Crippen molar-refractivity contribution in [3.63, 3.8) is 0 Å². The van der Waals surface area contributed by atoms with Crippen molar-refractivity contribution in [2.45, 2.75) is 64.7 Å². The van der Waals surface area contributed by atoms with Crippen molar-refractivity contribution < 1.29 is 0 Å². The largest absolute Gasteiger partial charge is 0.371 e. The maximum absolute atomic E-state index is 2.60. The van der Waals surface area contributed by atoms with E-state index in [4.69, 9.17) is 0 Å². The number of fused-ring (bicyclic) bond motifs is 1. The van der Waals surface area contributed by atoms with Crippen molar-refractivity contribution in [3.8, 4) is 5.69 Å². The predicted molar refractivity (Wildman–Crippen MR) is 103 cm³/mol. The first kappa shape index (κ1) is 15.8. The molecule has 24 heavy (non-hydrogen) atoms. The summed E-state index contributed by atoms with van der Waals surface area (Å²) in [6.07, 6.45) is 8.27. The first-order valence-electron chi connectivity index (χ1n) is 9.38. The Kier molecular flexibility index (Phi) is 3.39. The highest BCUT2D eigenvalue weighted by molar-refractivity contribution is 5.71. The lowest BCUT2D eigenvalue weighted by Gasteiger charge is -2.29. The van der Waals surface area contributed by atoms with Gasteiger partial charge in [0.1, 0.15) is 0 Å². The Bertz CT molecular complexity index is 760. The van der Waals surface area contributed by atoms with Crippen LogP contribution in [0.2, 0.25) is 0 Å². The number of aromatic nitrogens is 1. The van der Waals surface area contributed by atoms with Gasteiger partial charge in [0.05, 0.1) is 5.69 Å². The quantitative estimate of drug-likeness (QED) is 0.724. The molecule has 2 heteroatoms. The van der Waals surface area contributed by atoms with Gasteiger partial charge in [-0.1, -0.05) is 27.7 Å². The molecular formula is C22H30N2. The molecule has 0 spiro atoms. The topological polar surface area (TPSA) is 8.17 Å². The zero-order valence-corrected chi connectivity index (χ0v) is 15.8. The molecule has 1 fully saturated rings. The average molecular weight is 322 g/mol. The highest BCUT2D eigenvalue weighted by Gasteiger charge is 2.45. The Morgan fingerprint density at radius 1 is 0.917 bits per heavy atom. The number of nitrogens with zero attached hydrogens (tertiary/aromatic N) is 2. The summed E-state index contributed by atoms with van der Waals surface area (Å²) < 4.78 is 2.34. The molecule has 1 aromatic carbocycles. The molecule has 0 radical (unpaired) electrons. The van der Waals surface area contributed by atoms with E-state index < -0.39 is 0 Å². The van der Waals surface area contributed by atoms with Crippen molar-refractivity contribution in [1.29, 1.82) is 0 Å². The minimum atomic E-state index is 0.215. The van der Waals surface area contributed by atoms with Gasteiger partial charge < -0.3 is 9.47 Å². The van der Waals surface area contributed by atoms with Crippen molar-refractivity contribution in [2.75, 3.05) is 18.0 Å². The number of rotatable bonds is 2. The number of hydrogen-bond donors (Lipinski definition) is 0. The third-order valence-corrected chi connectivity index (χ3v) is 6.13. The van der Waals surface area contributed by atoms with Gasteiger partial charge in [0.2, 0.25) is 0 Å². The molecule has 0 atom stereocenters. The van der Waals surface area contributed by atoms with Gasteiger partial charge in [-0.3, -0.25) is 0 Å². The van der Waals surface area contributed by atoms with Crippen molar-refractivity contribution >= 4 is 5.69 Å². The van der Waals surface area contributed by atoms with Gasteiger partial charge in [0, 0.05) is 31.2 Å². The summed E-state index contributed by atoms with van der Waals surface area (Å²) in [7, 11) is 0. The Morgan fingerprint density at radius 2 is 1.54 bits per heavy atom. The van der Waals surface area contributed by atoms with Crippen LogP contribution < -0.4 is 4.90 Å². The molecule has 1 aliphatic carbocycles. The number of anilines is 1. The van der Waals surface area contributed by atoms with Crippen LogP contribution in [-0.2, 0) is 10.8 Å². The van der Waals surface area contributed by atoms with Gasteiger partial charge >= 0.3 is 0 Å². The first-order chi connectivity index (χ1) is 11.3. The average Bonchev–Trinajstić information content (AvgIpc) is 3.20. The fourth-order valence-corrected chi connectivity index (χ4v) is 5.35. The predicted octanol–water partition coefficient (Wildman–Crippen LogP) is 5.34. The summed E-state index contributed by atoms with van der Waals surface area (Å²) in [6, 6.07) is 6.81. The van der Waals surface area contributed by atoms with Crippen LogP contribution in [0.5, 0.6) is 0 Å². The van der Waals surface area contributed by atoms with Gasteiger partial charge in [-0.15, -0.1) is 0 Å². The van der Waals surface area contributed by atoms with Crippen molar-refractivity contribution in [1.82, 2.24) is 4.57 Å². The lowest BCUT2D eigenvalue weighted by Crippen LogP contribution is -2.22. The Hall–Kier alpha value is -1.70. The third kappa shape index (κ3) is 2.22. The van der Waals surface area contributed by atoms with E-state index in [-0.39, 0.29) is 10.8 Å². The van der Waals surface area contributed by atoms with E-state index >= 15 is 0 Å². The van der Waals surface area contributed by atoms with Crippen LogP contribution in [-0.4, -0.2) is 17.7 Å². The molecule has 4 rings (SSSR count). The van der Waals surface area contributed by atoms with Gasteiger partial charge in [-0.2, -0.15) is 0 Å². The lowest BCUT2D eigenvalue weighted by molar-refractivity contribution is 0.403. The highest BCUT2D eigenvalue weighted by Crippen LogP contribution is 2.53. The Morgan fingerprint density at radius 3 is 2.17 bits per heavy atom. The summed E-state index contributed by atoms with van der Waals surface area (Å²) >= 11 is 0. The summed E-state index contributed by atoms with van der Waals surface area (Å²) in [6.45, 7) is 14.4. The Balaban J connectivity index is 2.04. The summed E-state index contributed by atoms with van der Waals surface area (Å²) in [4.78, 5) is 2.60. The van der Waals surface area contributed by atoms with Gasteiger partial charge in [-0.25, -0.2) is 0 Å². The van der Waals surface area contributed by atoms with E-state index in [2.05, 4.69) is 74.7 Å². The van der Waals surface area contributed by atoms with Crippen LogP contribution in [0.4, 0.5) is 5.69 Å². The molecule has 1 aromatic heterocycles. The van der Waals surface area contributed by atoms with Crippen LogP contribution in [0.25, 0.3) is 5.69 Å². The zero-order valence-electron chi connectivity index (χ0n) is 15.8. The second kappa shape index (κ2) is 5.15. The summed E-state index contributed by atoms with van der Waals surface area (Å²) in [5.41, 5.74) is 7.90. The standard InChI is InChI=1S/C22H30N2/c1-16-18(23-10-6-7-11-23)14-17-19(20(16)24-12-8-9-13-24)22(4,5)15-21(17,2)3/h8-9,12-14H,6-7,10-11,15H2,1-5H3. The maximum Gasteiger partial charge on any atom is 0.0539 e. The zero-order chi connectivity index (χ0) is 17.1. The highest BCUT2D eigenvalue weighted by atomic mass is 15.1. The lowest BCUT2D eigenvalue weighted by atomic mass is 9.81. The van der Waals surface area contributed by atoms with Crippen LogP contribution in [0.1, 0.15) is 63.6 Å². The van der Waals surface area contributed by atoms with E-state index in [1.165, 1.54) is 49.3 Å². The Labute approximate surface area is 146 Å². The maximum atomic E-state index is 2.60. The minimum absolute atomic E-state index is 0.215. The van der Waals surface area contributed by atoms with Gasteiger partial charge in [0.15, 0.2) is 0 Å². The van der Waals surface area contributed by atoms with E-state index in [0.717, 1.165) is 0 Å². The molecule has 1 aliphatic heterocycles. The van der Waals surface area contributed by atoms with Crippen LogP contribution in [0.3, 0.4) is 0 Å². The van der Waals surface area contributed by atoms with E-state index in [0.29, 0.717) is 0 Å². The molecule has 1 saturated heterocycles. The molecule has 2 nitrogen and oxygen atoms in total. The van der Waals surface area contributed by atoms with E-state index in [9.17, 15) is 0 Å². The number of benzene rings is 1. The normalized spacial score (nSPS) is 21.3. The van der Waals surface area contributed by atoms with E-state index in [1.807, 2.05) is 0 Å². The molecule has 0 bridgehead atoms. The molecule has 2 heterocycles. The second-order valence-corrected chi connectivity index (χ2v) is 9.02. The summed E-state index contributed by atoms with van der Waals surface area (Å²) in [5, 5.41) is 0. The number of hydrogen-bond acceptors (Lipinski definition) is 1. The van der Waals surface area contributed by atoms with Gasteiger partial charge in [-0.05, 0) is 71.9 Å². The molecule has 0 N–H and O–H groups in total. The molecule has 128 valence electrons. The third-order valence-electron chi connectivity index (χ3n) is 6.13. The second-order valence-electron chi connectivity index (χ2n) is 9.02. The molecule has 0 unspecified atom stereocenters.